The Kier molecular flexibility index (Phi) is 4.01. The third-order valence-electron chi connectivity index (χ3n) is 3.62. The Morgan fingerprint density at radius 1 is 1.44 bits per heavy atom. The fourth-order valence-corrected chi connectivity index (χ4v) is 2.57. The lowest BCUT2D eigenvalue weighted by Crippen LogP contribution is -2.52. The summed E-state index contributed by atoms with van der Waals surface area (Å²) in [5, 5.41) is 11.9. The van der Waals surface area contributed by atoms with Crippen LogP contribution in [-0.2, 0) is 14.3 Å². The molecule has 2 unspecified atom stereocenters. The number of carbonyl (C=O) groups is 2. The lowest BCUT2D eigenvalue weighted by molar-refractivity contribution is -0.139. The van der Waals surface area contributed by atoms with Crippen LogP contribution in [0.15, 0.2) is 12.2 Å². The van der Waals surface area contributed by atoms with Crippen LogP contribution in [0, 0.1) is 5.92 Å². The highest BCUT2D eigenvalue weighted by atomic mass is 16.5. The van der Waals surface area contributed by atoms with Crippen molar-refractivity contribution in [3.8, 4) is 0 Å². The first-order chi connectivity index (χ1) is 8.61. The number of carboxylic acid groups (broad SMARTS) is 1. The largest absolute Gasteiger partial charge is 0.481 e. The van der Waals surface area contributed by atoms with Gasteiger partial charge in [-0.05, 0) is 25.7 Å². The summed E-state index contributed by atoms with van der Waals surface area (Å²) in [5.41, 5.74) is -0.704. The van der Waals surface area contributed by atoms with E-state index in [1.807, 2.05) is 6.08 Å². The smallest absolute Gasteiger partial charge is 0.305 e. The third-order valence-corrected chi connectivity index (χ3v) is 3.62. The number of hydrogen-bond acceptors (Lipinski definition) is 3. The van der Waals surface area contributed by atoms with E-state index >= 15 is 0 Å². The summed E-state index contributed by atoms with van der Waals surface area (Å²) in [4.78, 5) is 23.0. The number of aliphatic carboxylic acids is 1. The molecule has 5 nitrogen and oxygen atoms in total. The van der Waals surface area contributed by atoms with E-state index in [9.17, 15) is 9.59 Å². The van der Waals surface area contributed by atoms with Gasteiger partial charge in [-0.2, -0.15) is 0 Å². The summed E-state index contributed by atoms with van der Waals surface area (Å²) in [6, 6.07) is 0. The molecule has 2 N–H and O–H groups in total. The van der Waals surface area contributed by atoms with Crippen LogP contribution in [0.2, 0.25) is 0 Å². The van der Waals surface area contributed by atoms with E-state index in [1.165, 1.54) is 0 Å². The minimum absolute atomic E-state index is 0.0266. The summed E-state index contributed by atoms with van der Waals surface area (Å²) in [6.45, 7) is 0.811. The SMILES string of the molecule is O=C(O)CC1(NC(=O)C2CC=CCC2)CCOC1. The molecule has 2 aliphatic rings. The van der Waals surface area contributed by atoms with Crippen molar-refractivity contribution in [2.45, 2.75) is 37.6 Å². The number of allylic oxidation sites excluding steroid dienone is 2. The summed E-state index contributed by atoms with van der Waals surface area (Å²) < 4.78 is 5.26. The Morgan fingerprint density at radius 2 is 2.28 bits per heavy atom. The first kappa shape index (κ1) is 13.1. The van der Waals surface area contributed by atoms with E-state index in [2.05, 4.69) is 11.4 Å². The van der Waals surface area contributed by atoms with Crippen LogP contribution in [0.4, 0.5) is 0 Å². The van der Waals surface area contributed by atoms with E-state index in [4.69, 9.17) is 9.84 Å². The fraction of sp³-hybridized carbons (Fsp3) is 0.692. The second-order valence-electron chi connectivity index (χ2n) is 5.12. The maximum Gasteiger partial charge on any atom is 0.305 e. The molecule has 0 bridgehead atoms. The van der Waals surface area contributed by atoms with Crippen LogP contribution in [0.3, 0.4) is 0 Å². The quantitative estimate of drug-likeness (QED) is 0.735. The van der Waals surface area contributed by atoms with Gasteiger partial charge in [0.2, 0.25) is 5.91 Å². The van der Waals surface area contributed by atoms with Gasteiger partial charge in [0.05, 0.1) is 18.6 Å². The average molecular weight is 253 g/mol. The standard InChI is InChI=1S/C13H19NO4/c15-11(16)8-13(6-7-18-9-13)14-12(17)10-4-2-1-3-5-10/h1-2,10H,3-9H2,(H,14,17)(H,15,16). The van der Waals surface area contributed by atoms with Gasteiger partial charge in [0.25, 0.3) is 0 Å². The van der Waals surface area contributed by atoms with Crippen LogP contribution < -0.4 is 5.32 Å². The normalized spacial score (nSPS) is 31.2. The monoisotopic (exact) mass is 253 g/mol. The second-order valence-corrected chi connectivity index (χ2v) is 5.12. The maximum absolute atomic E-state index is 12.1. The number of ether oxygens (including phenoxy) is 1. The van der Waals surface area contributed by atoms with Gasteiger partial charge in [0.15, 0.2) is 0 Å². The second kappa shape index (κ2) is 5.52. The summed E-state index contributed by atoms with van der Waals surface area (Å²) >= 11 is 0. The van der Waals surface area contributed by atoms with Crippen LogP contribution in [-0.4, -0.2) is 35.7 Å². The molecular formula is C13H19NO4. The van der Waals surface area contributed by atoms with E-state index in [0.29, 0.717) is 19.6 Å². The molecular weight excluding hydrogens is 234 g/mol. The summed E-state index contributed by atoms with van der Waals surface area (Å²) in [5.74, 6) is -0.961. The molecule has 2 rings (SSSR count). The molecule has 18 heavy (non-hydrogen) atoms. The Morgan fingerprint density at radius 3 is 2.83 bits per heavy atom. The van der Waals surface area contributed by atoms with Crippen LogP contribution in [0.1, 0.15) is 32.1 Å². The molecule has 100 valence electrons. The lowest BCUT2D eigenvalue weighted by Gasteiger charge is -2.29. The summed E-state index contributed by atoms with van der Waals surface area (Å²) in [7, 11) is 0. The molecule has 1 heterocycles. The van der Waals surface area contributed by atoms with Crippen molar-refractivity contribution in [2.24, 2.45) is 5.92 Å². The van der Waals surface area contributed by atoms with Gasteiger partial charge in [-0.1, -0.05) is 12.2 Å². The highest BCUT2D eigenvalue weighted by Gasteiger charge is 2.39. The van der Waals surface area contributed by atoms with Gasteiger partial charge in [-0.3, -0.25) is 9.59 Å². The molecule has 2 atom stereocenters. The zero-order chi connectivity index (χ0) is 13.0. The summed E-state index contributed by atoms with van der Waals surface area (Å²) in [6.07, 6.45) is 7.11. The highest BCUT2D eigenvalue weighted by Crippen LogP contribution is 2.25. The lowest BCUT2D eigenvalue weighted by atomic mass is 9.89. The van der Waals surface area contributed by atoms with Gasteiger partial charge >= 0.3 is 5.97 Å². The number of rotatable bonds is 4. The van der Waals surface area contributed by atoms with Crippen molar-refractivity contribution in [3.63, 3.8) is 0 Å². The predicted molar refractivity (Wildman–Crippen MR) is 65.0 cm³/mol. The van der Waals surface area contributed by atoms with Crippen molar-refractivity contribution in [1.29, 1.82) is 0 Å². The number of amides is 1. The number of carbonyl (C=O) groups excluding carboxylic acids is 1. The van der Waals surface area contributed by atoms with Gasteiger partial charge in [0.1, 0.15) is 0 Å². The molecule has 0 spiro atoms. The molecule has 0 aromatic rings. The Balaban J connectivity index is 1.98. The van der Waals surface area contributed by atoms with E-state index < -0.39 is 11.5 Å². The Bertz CT molecular complexity index is 358. The van der Waals surface area contributed by atoms with Crippen molar-refractivity contribution < 1.29 is 19.4 Å². The molecule has 1 amide bonds. The molecule has 0 aromatic carbocycles. The molecule has 1 fully saturated rings. The number of nitrogens with one attached hydrogen (secondary N) is 1. The first-order valence-corrected chi connectivity index (χ1v) is 6.38. The van der Waals surface area contributed by atoms with E-state index in [1.54, 1.807) is 0 Å². The molecule has 0 radical (unpaired) electrons. The molecule has 1 saturated heterocycles. The molecule has 1 aliphatic carbocycles. The minimum atomic E-state index is -0.899. The average Bonchev–Trinajstić information content (AvgIpc) is 2.77. The maximum atomic E-state index is 12.1. The molecule has 0 aromatic heterocycles. The molecule has 5 heteroatoms. The van der Waals surface area contributed by atoms with Crippen molar-refractivity contribution in [3.05, 3.63) is 12.2 Å². The number of carboxylic acids is 1. The molecule has 0 saturated carbocycles. The van der Waals surface area contributed by atoms with Gasteiger partial charge in [-0.15, -0.1) is 0 Å². The Labute approximate surface area is 106 Å². The topological polar surface area (TPSA) is 75.6 Å². The highest BCUT2D eigenvalue weighted by molar-refractivity contribution is 5.81. The van der Waals surface area contributed by atoms with Crippen LogP contribution in [0.5, 0.6) is 0 Å². The van der Waals surface area contributed by atoms with Crippen molar-refractivity contribution in [2.75, 3.05) is 13.2 Å². The molecule has 1 aliphatic heterocycles. The fourth-order valence-electron chi connectivity index (χ4n) is 2.57. The van der Waals surface area contributed by atoms with Gasteiger partial charge in [0, 0.05) is 12.5 Å². The number of hydrogen-bond donors (Lipinski definition) is 2. The van der Waals surface area contributed by atoms with E-state index in [0.717, 1.165) is 19.3 Å². The van der Waals surface area contributed by atoms with Gasteiger partial charge < -0.3 is 15.2 Å². The third kappa shape index (κ3) is 3.10. The zero-order valence-electron chi connectivity index (χ0n) is 10.4. The van der Waals surface area contributed by atoms with Crippen LogP contribution in [0.25, 0.3) is 0 Å². The van der Waals surface area contributed by atoms with Gasteiger partial charge in [-0.25, -0.2) is 0 Å². The zero-order valence-corrected chi connectivity index (χ0v) is 10.4. The predicted octanol–water partition coefficient (Wildman–Crippen LogP) is 1.09. The van der Waals surface area contributed by atoms with E-state index in [-0.39, 0.29) is 18.2 Å². The van der Waals surface area contributed by atoms with Crippen molar-refractivity contribution >= 4 is 11.9 Å². The Hall–Kier alpha value is -1.36. The first-order valence-electron chi connectivity index (χ1n) is 6.38. The minimum Gasteiger partial charge on any atom is -0.481 e. The van der Waals surface area contributed by atoms with Crippen LogP contribution >= 0.6 is 0 Å². The van der Waals surface area contributed by atoms with Crippen molar-refractivity contribution in [1.82, 2.24) is 5.32 Å².